The summed E-state index contributed by atoms with van der Waals surface area (Å²) in [5, 5.41) is 5.73. The highest BCUT2D eigenvalue weighted by Gasteiger charge is 1.86. The van der Waals surface area contributed by atoms with E-state index in [2.05, 4.69) is 24.5 Å². The minimum absolute atomic E-state index is 1.16. The van der Waals surface area contributed by atoms with E-state index in [1.807, 2.05) is 0 Å². The lowest BCUT2D eigenvalue weighted by Gasteiger charge is -2.00. The van der Waals surface area contributed by atoms with Gasteiger partial charge in [-0.2, -0.15) is 0 Å². The molecule has 10 heavy (non-hydrogen) atoms. The predicted molar refractivity (Wildman–Crippen MR) is 45.1 cm³/mol. The third kappa shape index (κ3) is 7.92. The molecule has 0 unspecified atom stereocenters. The standard InChI is InChI=1S/C8H20N2/c1-3-5-9-7-8-10-6-4-2/h9-10H,3-8H2,1-2H3/p+1. The van der Waals surface area contributed by atoms with Gasteiger partial charge < -0.3 is 10.6 Å². The van der Waals surface area contributed by atoms with Crippen LogP contribution in [0.25, 0.3) is 0 Å². The molecular formula is C8H21N2+. The molecule has 2 heteroatoms. The van der Waals surface area contributed by atoms with E-state index in [-0.39, 0.29) is 0 Å². The Labute approximate surface area is 64.4 Å². The van der Waals surface area contributed by atoms with Gasteiger partial charge in [0.1, 0.15) is 0 Å². The molecule has 0 aromatic carbocycles. The fourth-order valence-electron chi connectivity index (χ4n) is 0.854. The Morgan fingerprint density at radius 3 is 2.40 bits per heavy atom. The molecule has 0 heterocycles. The summed E-state index contributed by atoms with van der Waals surface area (Å²) in [4.78, 5) is 0. The number of nitrogens with one attached hydrogen (secondary N) is 1. The van der Waals surface area contributed by atoms with Crippen LogP contribution in [0.15, 0.2) is 0 Å². The second kappa shape index (κ2) is 8.92. The number of nitrogens with two attached hydrogens (primary N) is 1. The van der Waals surface area contributed by atoms with Crippen LogP contribution in [0.2, 0.25) is 0 Å². The zero-order valence-electron chi connectivity index (χ0n) is 7.32. The molecule has 0 atom stereocenters. The summed E-state index contributed by atoms with van der Waals surface area (Å²) < 4.78 is 0. The molecule has 0 fully saturated rings. The van der Waals surface area contributed by atoms with Crippen molar-refractivity contribution in [1.29, 1.82) is 0 Å². The number of rotatable bonds is 7. The van der Waals surface area contributed by atoms with Gasteiger partial charge in [-0.15, -0.1) is 0 Å². The van der Waals surface area contributed by atoms with E-state index in [0.29, 0.717) is 0 Å². The molecule has 0 aliphatic heterocycles. The van der Waals surface area contributed by atoms with Gasteiger partial charge in [-0.05, 0) is 19.4 Å². The summed E-state index contributed by atoms with van der Waals surface area (Å²) in [6.07, 6.45) is 2.53. The van der Waals surface area contributed by atoms with E-state index in [1.54, 1.807) is 0 Å². The maximum atomic E-state index is 3.36. The summed E-state index contributed by atoms with van der Waals surface area (Å²) in [7, 11) is 0. The lowest BCUT2D eigenvalue weighted by atomic mass is 10.4. The van der Waals surface area contributed by atoms with Crippen molar-refractivity contribution in [3.63, 3.8) is 0 Å². The Morgan fingerprint density at radius 1 is 1.00 bits per heavy atom. The molecule has 0 rings (SSSR count). The largest absolute Gasteiger partial charge is 0.345 e. The molecule has 0 aliphatic carbocycles. The first-order valence-electron chi connectivity index (χ1n) is 4.44. The van der Waals surface area contributed by atoms with Crippen molar-refractivity contribution >= 4 is 0 Å². The monoisotopic (exact) mass is 145 g/mol. The lowest BCUT2D eigenvalue weighted by Crippen LogP contribution is -2.85. The highest BCUT2D eigenvalue weighted by molar-refractivity contribution is 4.40. The Balaban J connectivity index is 2.65. The molecule has 62 valence electrons. The van der Waals surface area contributed by atoms with Crippen LogP contribution < -0.4 is 10.6 Å². The molecule has 0 saturated heterocycles. The zero-order chi connectivity index (χ0) is 7.66. The van der Waals surface area contributed by atoms with Crippen LogP contribution >= 0.6 is 0 Å². The number of hydrogen-bond donors (Lipinski definition) is 2. The molecule has 0 aromatic heterocycles. The van der Waals surface area contributed by atoms with Gasteiger partial charge in [0.15, 0.2) is 0 Å². The summed E-state index contributed by atoms with van der Waals surface area (Å²) in [5.41, 5.74) is 0. The Hall–Kier alpha value is -0.0800. The van der Waals surface area contributed by atoms with Gasteiger partial charge in [-0.25, -0.2) is 0 Å². The van der Waals surface area contributed by atoms with E-state index < -0.39 is 0 Å². The van der Waals surface area contributed by atoms with Crippen LogP contribution in [-0.4, -0.2) is 26.2 Å². The average molecular weight is 145 g/mol. The Kier molecular flexibility index (Phi) is 8.85. The van der Waals surface area contributed by atoms with Gasteiger partial charge in [-0.3, -0.25) is 0 Å². The molecule has 0 aliphatic rings. The van der Waals surface area contributed by atoms with Crippen LogP contribution in [0.3, 0.4) is 0 Å². The summed E-state index contributed by atoms with van der Waals surface area (Å²) >= 11 is 0. The molecule has 2 nitrogen and oxygen atoms in total. The van der Waals surface area contributed by atoms with Crippen molar-refractivity contribution < 1.29 is 5.32 Å². The maximum Gasteiger partial charge on any atom is 0.0882 e. The Morgan fingerprint density at radius 2 is 1.80 bits per heavy atom. The van der Waals surface area contributed by atoms with Crippen LogP contribution in [0.5, 0.6) is 0 Å². The van der Waals surface area contributed by atoms with Gasteiger partial charge in [0.05, 0.1) is 13.1 Å². The van der Waals surface area contributed by atoms with Gasteiger partial charge in [0.2, 0.25) is 0 Å². The first-order valence-corrected chi connectivity index (χ1v) is 4.44. The topological polar surface area (TPSA) is 28.6 Å². The predicted octanol–water partition coefficient (Wildman–Crippen LogP) is -0.0406. The second-order valence-corrected chi connectivity index (χ2v) is 2.62. The molecule has 0 spiro atoms. The van der Waals surface area contributed by atoms with E-state index in [0.717, 1.165) is 6.54 Å². The highest BCUT2D eigenvalue weighted by Crippen LogP contribution is 1.66. The van der Waals surface area contributed by atoms with Crippen LogP contribution in [0.1, 0.15) is 26.7 Å². The van der Waals surface area contributed by atoms with Crippen LogP contribution in [-0.2, 0) is 0 Å². The van der Waals surface area contributed by atoms with Crippen molar-refractivity contribution in [2.45, 2.75) is 26.7 Å². The van der Waals surface area contributed by atoms with E-state index in [1.165, 1.54) is 32.5 Å². The van der Waals surface area contributed by atoms with Crippen LogP contribution in [0, 0.1) is 0 Å². The van der Waals surface area contributed by atoms with Crippen molar-refractivity contribution in [3.05, 3.63) is 0 Å². The highest BCUT2D eigenvalue weighted by atomic mass is 14.9. The minimum atomic E-state index is 1.16. The first kappa shape index (κ1) is 9.92. The molecule has 3 N–H and O–H groups in total. The van der Waals surface area contributed by atoms with Gasteiger partial charge in [0, 0.05) is 6.54 Å². The molecule has 0 aromatic rings. The normalized spacial score (nSPS) is 10.2. The lowest BCUT2D eigenvalue weighted by molar-refractivity contribution is -0.652. The van der Waals surface area contributed by atoms with Gasteiger partial charge in [-0.1, -0.05) is 13.8 Å². The maximum absolute atomic E-state index is 3.36. The number of hydrogen-bond acceptors (Lipinski definition) is 1. The fraction of sp³-hybridized carbons (Fsp3) is 1.00. The van der Waals surface area contributed by atoms with Crippen LogP contribution in [0.4, 0.5) is 0 Å². The zero-order valence-corrected chi connectivity index (χ0v) is 7.32. The summed E-state index contributed by atoms with van der Waals surface area (Å²) in [6, 6.07) is 0. The average Bonchev–Trinajstić information content (AvgIpc) is 1.97. The third-order valence-electron chi connectivity index (χ3n) is 1.44. The third-order valence-corrected chi connectivity index (χ3v) is 1.44. The molecular weight excluding hydrogens is 124 g/mol. The van der Waals surface area contributed by atoms with E-state index >= 15 is 0 Å². The molecule has 0 bridgehead atoms. The number of quaternary nitrogens is 1. The van der Waals surface area contributed by atoms with Crippen molar-refractivity contribution in [2.24, 2.45) is 0 Å². The second-order valence-electron chi connectivity index (χ2n) is 2.62. The quantitative estimate of drug-likeness (QED) is 0.484. The Bertz CT molecular complexity index is 47.2. The molecule has 0 radical (unpaired) electrons. The van der Waals surface area contributed by atoms with Crippen molar-refractivity contribution in [3.8, 4) is 0 Å². The smallest absolute Gasteiger partial charge is 0.0882 e. The van der Waals surface area contributed by atoms with Crippen molar-refractivity contribution in [2.75, 3.05) is 26.2 Å². The molecule has 0 amide bonds. The van der Waals surface area contributed by atoms with Gasteiger partial charge >= 0.3 is 0 Å². The molecule has 0 saturated carbocycles. The summed E-state index contributed by atoms with van der Waals surface area (Å²) in [5.74, 6) is 0. The SMILES string of the molecule is CCCNCC[NH2+]CCC. The van der Waals surface area contributed by atoms with Gasteiger partial charge in [0.25, 0.3) is 0 Å². The minimum Gasteiger partial charge on any atom is -0.345 e. The summed E-state index contributed by atoms with van der Waals surface area (Å²) in [6.45, 7) is 9.24. The fourth-order valence-corrected chi connectivity index (χ4v) is 0.854. The van der Waals surface area contributed by atoms with Crippen molar-refractivity contribution in [1.82, 2.24) is 5.32 Å². The van der Waals surface area contributed by atoms with E-state index in [9.17, 15) is 0 Å². The van der Waals surface area contributed by atoms with E-state index in [4.69, 9.17) is 0 Å². The first-order chi connectivity index (χ1) is 4.91.